The van der Waals surface area contributed by atoms with Crippen LogP contribution in [0, 0.1) is 0 Å². The molecule has 12 N–H and O–H groups in total. The van der Waals surface area contributed by atoms with E-state index < -0.39 is 130 Å². The predicted molar refractivity (Wildman–Crippen MR) is 137 cm³/mol. The summed E-state index contributed by atoms with van der Waals surface area (Å²) < 4.78 is 33.2. The van der Waals surface area contributed by atoms with Gasteiger partial charge in [0, 0.05) is 6.92 Å². The highest BCUT2D eigenvalue weighted by Gasteiger charge is 2.54. The van der Waals surface area contributed by atoms with Crippen LogP contribution in [0.2, 0.25) is 0 Å². The second kappa shape index (κ2) is 16.7. The van der Waals surface area contributed by atoms with Crippen LogP contribution in [0.15, 0.2) is 0 Å². The fraction of sp³-hybridized carbons (Fsp3) is 0.917. The summed E-state index contributed by atoms with van der Waals surface area (Å²) in [5.74, 6) is -0.669. The van der Waals surface area contributed by atoms with Crippen molar-refractivity contribution >= 4 is 12.3 Å². The predicted octanol–water partition coefficient (Wildman–Crippen LogP) is -8.30. The molecule has 0 saturated carbocycles. The number of carbonyl (C=O) groups is 2. The molecule has 3 heterocycles. The van der Waals surface area contributed by atoms with Crippen molar-refractivity contribution in [2.24, 2.45) is 0 Å². The summed E-state index contributed by atoms with van der Waals surface area (Å²) in [6.45, 7) is -2.20. The van der Waals surface area contributed by atoms with Crippen LogP contribution in [0.3, 0.4) is 0 Å². The lowest BCUT2D eigenvalue weighted by molar-refractivity contribution is -0.375. The Labute approximate surface area is 250 Å². The molecule has 3 rings (SSSR count). The van der Waals surface area contributed by atoms with E-state index >= 15 is 0 Å². The fourth-order valence-electron chi connectivity index (χ4n) is 5.04. The Morgan fingerprint density at radius 3 is 1.86 bits per heavy atom. The summed E-state index contributed by atoms with van der Waals surface area (Å²) in [5.41, 5.74) is 0. The molecule has 3 saturated heterocycles. The van der Waals surface area contributed by atoms with Gasteiger partial charge in [-0.15, -0.1) is 0 Å². The average Bonchev–Trinajstić information content (AvgIpc) is 3.00. The van der Waals surface area contributed by atoms with Crippen molar-refractivity contribution in [1.29, 1.82) is 0 Å². The highest BCUT2D eigenvalue weighted by Crippen LogP contribution is 2.32. The topological polar surface area (TPSA) is 316 Å². The zero-order chi connectivity index (χ0) is 32.7. The molecule has 2 amide bonds. The number of carbonyl (C=O) groups excluding carboxylic acids is 2. The first-order chi connectivity index (χ1) is 20.9. The van der Waals surface area contributed by atoms with E-state index in [4.69, 9.17) is 28.4 Å². The Bertz CT molecular complexity index is 903. The largest absolute Gasteiger partial charge is 0.394 e. The molecule has 0 spiro atoms. The van der Waals surface area contributed by atoms with Crippen molar-refractivity contribution in [3.8, 4) is 0 Å². The number of hydrogen-bond acceptors (Lipinski definition) is 18. The fourth-order valence-corrected chi connectivity index (χ4v) is 5.04. The SMILES string of the molecule is CC(=O)N[C@H]1[C@H](O[C@H]2[C@@H](O)[C@@H](CO)O[C@@H](O[C@H]3[C@H](O)[C@@H](O)[C@H](OC[C@@H](CO)NC=O)O[C@@H]3CO)[C@@H]2O)O[C@H](CO)[C@H](O)[C@@H]1O. The zero-order valence-electron chi connectivity index (χ0n) is 23.6. The van der Waals surface area contributed by atoms with Crippen molar-refractivity contribution in [2.45, 2.75) is 105 Å². The lowest BCUT2D eigenvalue weighted by Gasteiger charge is -2.48. The number of nitrogens with one attached hydrogen (secondary N) is 2. The quantitative estimate of drug-likeness (QED) is 0.0779. The Morgan fingerprint density at radius 1 is 0.727 bits per heavy atom. The molecule has 20 nitrogen and oxygen atoms in total. The van der Waals surface area contributed by atoms with Crippen LogP contribution in [0.25, 0.3) is 0 Å². The molecule has 3 aliphatic rings. The maximum absolute atomic E-state index is 11.8. The van der Waals surface area contributed by atoms with Gasteiger partial charge in [0.05, 0.1) is 39.1 Å². The van der Waals surface area contributed by atoms with Gasteiger partial charge in [0.2, 0.25) is 12.3 Å². The van der Waals surface area contributed by atoms with E-state index in [2.05, 4.69) is 10.6 Å². The van der Waals surface area contributed by atoms with E-state index in [9.17, 15) is 60.7 Å². The summed E-state index contributed by atoms with van der Waals surface area (Å²) in [6, 6.07) is -2.33. The molecule has 0 aromatic rings. The van der Waals surface area contributed by atoms with Crippen LogP contribution in [0.1, 0.15) is 6.92 Å². The number of amides is 2. The molecule has 0 bridgehead atoms. The molecule has 20 heteroatoms. The van der Waals surface area contributed by atoms with Gasteiger partial charge < -0.3 is 90.1 Å². The van der Waals surface area contributed by atoms with E-state index in [0.717, 1.165) is 6.92 Å². The van der Waals surface area contributed by atoms with Gasteiger partial charge in [0.15, 0.2) is 18.9 Å². The van der Waals surface area contributed by atoms with Crippen LogP contribution < -0.4 is 10.6 Å². The number of rotatable bonds is 14. The molecule has 0 radical (unpaired) electrons. The zero-order valence-corrected chi connectivity index (χ0v) is 23.6. The van der Waals surface area contributed by atoms with Crippen LogP contribution >= 0.6 is 0 Å². The third-order valence-electron chi connectivity index (χ3n) is 7.46. The molecule has 44 heavy (non-hydrogen) atoms. The smallest absolute Gasteiger partial charge is 0.217 e. The van der Waals surface area contributed by atoms with Crippen molar-refractivity contribution in [2.75, 3.05) is 33.0 Å². The summed E-state index contributed by atoms with van der Waals surface area (Å²) in [7, 11) is 0. The minimum absolute atomic E-state index is 0.317. The van der Waals surface area contributed by atoms with E-state index in [0.29, 0.717) is 6.41 Å². The minimum atomic E-state index is -1.96. The number of aliphatic hydroxyl groups excluding tert-OH is 10. The third-order valence-corrected chi connectivity index (χ3v) is 7.46. The third kappa shape index (κ3) is 8.36. The van der Waals surface area contributed by atoms with E-state index in [-0.39, 0.29) is 6.61 Å². The highest BCUT2D eigenvalue weighted by atomic mass is 16.8. The second-order valence-corrected chi connectivity index (χ2v) is 10.5. The van der Waals surface area contributed by atoms with Gasteiger partial charge in [-0.05, 0) is 0 Å². The van der Waals surface area contributed by atoms with Gasteiger partial charge >= 0.3 is 0 Å². The molecule has 3 fully saturated rings. The highest BCUT2D eigenvalue weighted by molar-refractivity contribution is 5.73. The molecular weight excluding hydrogens is 604 g/mol. The normalized spacial score (nSPS) is 43.7. The van der Waals surface area contributed by atoms with Crippen LogP contribution in [0.5, 0.6) is 0 Å². The van der Waals surface area contributed by atoms with Gasteiger partial charge in [-0.25, -0.2) is 0 Å². The Hall–Kier alpha value is -1.70. The van der Waals surface area contributed by atoms with Gasteiger partial charge in [0.1, 0.15) is 73.2 Å². The Kier molecular flexibility index (Phi) is 14.0. The van der Waals surface area contributed by atoms with Gasteiger partial charge in [-0.2, -0.15) is 0 Å². The first kappa shape index (κ1) is 36.8. The van der Waals surface area contributed by atoms with Gasteiger partial charge in [-0.3, -0.25) is 9.59 Å². The molecule has 256 valence electrons. The van der Waals surface area contributed by atoms with E-state index in [1.165, 1.54) is 0 Å². The Morgan fingerprint density at radius 2 is 1.30 bits per heavy atom. The number of aliphatic hydroxyl groups is 10. The van der Waals surface area contributed by atoms with Crippen LogP contribution in [0.4, 0.5) is 0 Å². The standard InChI is InChI=1S/C24H42N2O18/c1-8(32)26-13-16(35)14(33)10(3-28)40-22(13)44-21-15(34)11(4-29)41-24(19(21)38)43-20-12(5-30)42-23(18(37)17(20)36)39-6-9(2-27)25-7-31/h7,9-24,27-30,33-38H,2-6H2,1H3,(H,25,31)(H,26,32)/t9-,10-,11-,12-,13-,14+,15+,16-,17-,18-,19-,20-,21+,22+,23-,24+/m1/s1. The minimum Gasteiger partial charge on any atom is -0.394 e. The number of hydrogen-bond donors (Lipinski definition) is 12. The first-order valence-electron chi connectivity index (χ1n) is 13.8. The summed E-state index contributed by atoms with van der Waals surface area (Å²) in [6.07, 6.45) is -23.2. The summed E-state index contributed by atoms with van der Waals surface area (Å²) in [4.78, 5) is 22.4. The lowest BCUT2D eigenvalue weighted by Crippen LogP contribution is -2.68. The summed E-state index contributed by atoms with van der Waals surface area (Å²) >= 11 is 0. The van der Waals surface area contributed by atoms with Crippen LogP contribution in [-0.4, -0.2) is 195 Å². The van der Waals surface area contributed by atoms with Crippen molar-refractivity contribution in [3.63, 3.8) is 0 Å². The summed E-state index contributed by atoms with van der Waals surface area (Å²) in [5, 5.41) is 107. The molecule has 3 aliphatic heterocycles. The van der Waals surface area contributed by atoms with Crippen molar-refractivity contribution < 1.29 is 89.1 Å². The molecule has 0 unspecified atom stereocenters. The molecule has 16 atom stereocenters. The Balaban J connectivity index is 1.78. The monoisotopic (exact) mass is 646 g/mol. The van der Waals surface area contributed by atoms with Gasteiger partial charge in [0.25, 0.3) is 0 Å². The maximum Gasteiger partial charge on any atom is 0.217 e. The maximum atomic E-state index is 11.8. The first-order valence-corrected chi connectivity index (χ1v) is 13.8. The molecular formula is C24H42N2O18. The number of ether oxygens (including phenoxy) is 6. The van der Waals surface area contributed by atoms with E-state index in [1.807, 2.05) is 0 Å². The molecule has 0 aliphatic carbocycles. The van der Waals surface area contributed by atoms with Crippen LogP contribution in [-0.2, 0) is 38.0 Å². The average molecular weight is 647 g/mol. The van der Waals surface area contributed by atoms with E-state index in [1.54, 1.807) is 0 Å². The lowest BCUT2D eigenvalue weighted by atomic mass is 9.95. The molecule has 0 aromatic heterocycles. The van der Waals surface area contributed by atoms with Crippen molar-refractivity contribution in [3.05, 3.63) is 0 Å². The van der Waals surface area contributed by atoms with Crippen molar-refractivity contribution in [1.82, 2.24) is 10.6 Å². The second-order valence-electron chi connectivity index (χ2n) is 10.5. The van der Waals surface area contributed by atoms with Gasteiger partial charge in [-0.1, -0.05) is 0 Å². The molecule has 0 aromatic carbocycles.